The molecular weight excluding hydrogens is 500 g/mol. The highest BCUT2D eigenvalue weighted by molar-refractivity contribution is 7.92. The van der Waals surface area contributed by atoms with Crippen LogP contribution in [0.5, 0.6) is 5.75 Å². The zero-order valence-electron chi connectivity index (χ0n) is 21.1. The van der Waals surface area contributed by atoms with Gasteiger partial charge in [0.2, 0.25) is 0 Å². The minimum Gasteiger partial charge on any atom is -0.495 e. The van der Waals surface area contributed by atoms with Crippen molar-refractivity contribution in [2.45, 2.75) is 4.90 Å². The van der Waals surface area contributed by atoms with Crippen LogP contribution in [0, 0.1) is 0 Å². The SMILES string of the molecule is COc1ccccc1N(CC(=O)NN=Cc1ccc(N(C)c2ccccc2)cc1)S(=O)(=O)c1ccccc1. The fourth-order valence-corrected chi connectivity index (χ4v) is 5.24. The Hall–Kier alpha value is -4.63. The Morgan fingerprint density at radius 1 is 0.842 bits per heavy atom. The van der Waals surface area contributed by atoms with E-state index in [9.17, 15) is 13.2 Å². The van der Waals surface area contributed by atoms with Crippen molar-refractivity contribution >= 4 is 39.2 Å². The Labute approximate surface area is 222 Å². The second-order valence-corrected chi connectivity index (χ2v) is 10.1. The van der Waals surface area contributed by atoms with Crippen LogP contribution in [-0.2, 0) is 14.8 Å². The number of rotatable bonds is 10. The number of hydrazone groups is 1. The first-order valence-electron chi connectivity index (χ1n) is 11.8. The number of benzene rings is 4. The molecule has 38 heavy (non-hydrogen) atoms. The molecule has 0 saturated carbocycles. The lowest BCUT2D eigenvalue weighted by molar-refractivity contribution is -0.119. The third kappa shape index (κ3) is 6.19. The summed E-state index contributed by atoms with van der Waals surface area (Å²) >= 11 is 0. The lowest BCUT2D eigenvalue weighted by Gasteiger charge is -2.25. The Balaban J connectivity index is 1.48. The predicted molar refractivity (Wildman–Crippen MR) is 151 cm³/mol. The molecule has 9 heteroatoms. The average Bonchev–Trinajstić information content (AvgIpc) is 2.96. The molecule has 194 valence electrons. The number of nitrogens with zero attached hydrogens (tertiary/aromatic N) is 3. The number of sulfonamides is 1. The van der Waals surface area contributed by atoms with Crippen LogP contribution in [0.2, 0.25) is 0 Å². The molecule has 0 aliphatic rings. The fraction of sp³-hybridized carbons (Fsp3) is 0.103. The lowest BCUT2D eigenvalue weighted by atomic mass is 10.2. The normalized spacial score (nSPS) is 11.2. The molecule has 0 aromatic heterocycles. The molecule has 0 fully saturated rings. The van der Waals surface area contributed by atoms with Crippen molar-refractivity contribution in [1.29, 1.82) is 0 Å². The first-order chi connectivity index (χ1) is 18.4. The van der Waals surface area contributed by atoms with E-state index < -0.39 is 22.5 Å². The van der Waals surface area contributed by atoms with Crippen molar-refractivity contribution in [2.24, 2.45) is 5.10 Å². The first-order valence-corrected chi connectivity index (χ1v) is 13.3. The topological polar surface area (TPSA) is 91.3 Å². The van der Waals surface area contributed by atoms with E-state index in [2.05, 4.69) is 15.4 Å². The smallest absolute Gasteiger partial charge is 0.264 e. The van der Waals surface area contributed by atoms with Gasteiger partial charge in [0.15, 0.2) is 0 Å². The standard InChI is InChI=1S/C29H28N4O4S/c1-32(24-11-5-3-6-12-24)25-19-17-23(18-20-25)21-30-31-29(34)22-33(27-15-9-10-16-28(27)37-2)38(35,36)26-13-7-4-8-14-26/h3-21H,22H2,1-2H3,(H,31,34). The van der Waals surface area contributed by atoms with Crippen LogP contribution in [0.15, 0.2) is 119 Å². The van der Waals surface area contributed by atoms with Crippen LogP contribution < -0.4 is 19.4 Å². The van der Waals surface area contributed by atoms with E-state index in [0.717, 1.165) is 21.2 Å². The van der Waals surface area contributed by atoms with Crippen LogP contribution >= 0.6 is 0 Å². The Kier molecular flexibility index (Phi) is 8.40. The van der Waals surface area contributed by atoms with Gasteiger partial charge in [-0.05, 0) is 54.1 Å². The minimum absolute atomic E-state index is 0.0581. The van der Waals surface area contributed by atoms with Crippen LogP contribution in [0.1, 0.15) is 5.56 Å². The van der Waals surface area contributed by atoms with Gasteiger partial charge in [-0.2, -0.15) is 5.10 Å². The summed E-state index contributed by atoms with van der Waals surface area (Å²) in [4.78, 5) is 14.9. The number of anilines is 3. The number of methoxy groups -OCH3 is 1. The largest absolute Gasteiger partial charge is 0.495 e. The zero-order chi connectivity index (χ0) is 27.0. The number of hydrogen-bond acceptors (Lipinski definition) is 6. The summed E-state index contributed by atoms with van der Waals surface area (Å²) in [5, 5.41) is 4.03. The van der Waals surface area contributed by atoms with Gasteiger partial charge in [0.1, 0.15) is 12.3 Å². The van der Waals surface area contributed by atoms with Gasteiger partial charge in [0.25, 0.3) is 15.9 Å². The van der Waals surface area contributed by atoms with Gasteiger partial charge in [-0.3, -0.25) is 9.10 Å². The summed E-state index contributed by atoms with van der Waals surface area (Å²) in [6.45, 7) is -0.490. The molecule has 0 atom stereocenters. The summed E-state index contributed by atoms with van der Waals surface area (Å²) in [6, 6.07) is 32.2. The van der Waals surface area contributed by atoms with Gasteiger partial charge >= 0.3 is 0 Å². The molecule has 1 amide bonds. The first kappa shape index (κ1) is 26.4. The highest BCUT2D eigenvalue weighted by Gasteiger charge is 2.29. The van der Waals surface area contributed by atoms with Crippen LogP contribution in [-0.4, -0.2) is 41.2 Å². The highest BCUT2D eigenvalue weighted by Crippen LogP contribution is 2.32. The van der Waals surface area contributed by atoms with Crippen molar-refractivity contribution in [3.05, 3.63) is 115 Å². The third-order valence-corrected chi connectivity index (χ3v) is 7.57. The maximum atomic E-state index is 13.5. The molecule has 4 aromatic carbocycles. The van der Waals surface area contributed by atoms with E-state index in [1.165, 1.54) is 25.5 Å². The summed E-state index contributed by atoms with van der Waals surface area (Å²) in [5.74, 6) is -0.282. The summed E-state index contributed by atoms with van der Waals surface area (Å²) in [5.41, 5.74) is 5.51. The number of amides is 1. The molecule has 4 aromatic rings. The highest BCUT2D eigenvalue weighted by atomic mass is 32.2. The molecule has 1 N–H and O–H groups in total. The van der Waals surface area contributed by atoms with E-state index in [1.807, 2.05) is 61.6 Å². The number of hydrogen-bond donors (Lipinski definition) is 1. The van der Waals surface area contributed by atoms with E-state index in [1.54, 1.807) is 42.5 Å². The van der Waals surface area contributed by atoms with Gasteiger partial charge in [-0.1, -0.05) is 60.7 Å². The summed E-state index contributed by atoms with van der Waals surface area (Å²) < 4.78 is 33.3. The van der Waals surface area contributed by atoms with Crippen LogP contribution in [0.3, 0.4) is 0 Å². The quantitative estimate of drug-likeness (QED) is 0.236. The van der Waals surface area contributed by atoms with Gasteiger partial charge in [0, 0.05) is 18.4 Å². The van der Waals surface area contributed by atoms with Crippen molar-refractivity contribution in [3.63, 3.8) is 0 Å². The molecule has 0 bridgehead atoms. The third-order valence-electron chi connectivity index (χ3n) is 5.80. The second-order valence-electron chi connectivity index (χ2n) is 8.28. The molecule has 0 radical (unpaired) electrons. The van der Waals surface area contributed by atoms with E-state index >= 15 is 0 Å². The van der Waals surface area contributed by atoms with Crippen molar-refractivity contribution in [1.82, 2.24) is 5.43 Å². The number of ether oxygens (including phenoxy) is 1. The zero-order valence-corrected chi connectivity index (χ0v) is 21.9. The fourth-order valence-electron chi connectivity index (χ4n) is 3.78. The summed E-state index contributed by atoms with van der Waals surface area (Å²) in [6.07, 6.45) is 1.50. The van der Waals surface area contributed by atoms with Crippen molar-refractivity contribution in [2.75, 3.05) is 29.9 Å². The van der Waals surface area contributed by atoms with Crippen molar-refractivity contribution in [3.8, 4) is 5.75 Å². The number of carbonyl (C=O) groups excluding carboxylic acids is 1. The average molecular weight is 529 g/mol. The summed E-state index contributed by atoms with van der Waals surface area (Å²) in [7, 11) is -0.633. The van der Waals surface area contributed by atoms with E-state index in [0.29, 0.717) is 5.75 Å². The molecule has 0 spiro atoms. The van der Waals surface area contributed by atoms with Gasteiger partial charge in [0.05, 0.1) is 23.9 Å². The Morgan fingerprint density at radius 2 is 1.42 bits per heavy atom. The Morgan fingerprint density at radius 3 is 2.08 bits per heavy atom. The van der Waals surface area contributed by atoms with Crippen LogP contribution in [0.25, 0.3) is 0 Å². The molecule has 0 heterocycles. The molecule has 0 aliphatic carbocycles. The van der Waals surface area contributed by atoms with Gasteiger partial charge in [-0.15, -0.1) is 0 Å². The molecule has 0 saturated heterocycles. The maximum absolute atomic E-state index is 13.5. The molecular formula is C29H28N4O4S. The minimum atomic E-state index is -4.06. The molecule has 8 nitrogen and oxygen atoms in total. The molecule has 4 rings (SSSR count). The van der Waals surface area contributed by atoms with Crippen molar-refractivity contribution < 1.29 is 17.9 Å². The number of nitrogens with one attached hydrogen (secondary N) is 1. The number of carbonyl (C=O) groups is 1. The van der Waals surface area contributed by atoms with E-state index in [4.69, 9.17) is 4.74 Å². The number of para-hydroxylation sites is 3. The van der Waals surface area contributed by atoms with Gasteiger partial charge in [-0.25, -0.2) is 13.8 Å². The molecule has 0 aliphatic heterocycles. The predicted octanol–water partition coefficient (Wildman–Crippen LogP) is 4.81. The van der Waals surface area contributed by atoms with E-state index in [-0.39, 0.29) is 10.6 Å². The monoisotopic (exact) mass is 528 g/mol. The Bertz CT molecular complexity index is 1490. The maximum Gasteiger partial charge on any atom is 0.264 e. The van der Waals surface area contributed by atoms with Gasteiger partial charge < -0.3 is 9.64 Å². The van der Waals surface area contributed by atoms with Crippen LogP contribution in [0.4, 0.5) is 17.1 Å². The second kappa shape index (κ2) is 12.1. The lowest BCUT2D eigenvalue weighted by Crippen LogP contribution is -2.39. The molecule has 0 unspecified atom stereocenters.